The summed E-state index contributed by atoms with van der Waals surface area (Å²) in [5.41, 5.74) is 1.21. The van der Waals surface area contributed by atoms with E-state index in [4.69, 9.17) is 16.3 Å². The Balaban J connectivity index is 1.70. The number of hydrogen-bond donors (Lipinski definition) is 0. The Labute approximate surface area is 175 Å². The molecule has 1 saturated heterocycles. The Bertz CT molecular complexity index is 1130. The molecule has 29 heavy (non-hydrogen) atoms. The van der Waals surface area contributed by atoms with Crippen LogP contribution in [0.4, 0.5) is 5.69 Å². The van der Waals surface area contributed by atoms with E-state index in [9.17, 15) is 16.8 Å². The fourth-order valence-corrected chi connectivity index (χ4v) is 7.04. The number of hydrogen-bond acceptors (Lipinski definition) is 5. The minimum atomic E-state index is -3.79. The molecule has 2 aromatic rings. The second-order valence-corrected chi connectivity index (χ2v) is 11.3. The molecule has 0 aliphatic carbocycles. The summed E-state index contributed by atoms with van der Waals surface area (Å²) in [7, 11) is -7.43. The van der Waals surface area contributed by atoms with Crippen molar-refractivity contribution in [1.29, 1.82) is 0 Å². The minimum absolute atomic E-state index is 0.145. The van der Waals surface area contributed by atoms with Crippen LogP contribution in [0.2, 0.25) is 5.02 Å². The smallest absolute Gasteiger partial charge is 0.264 e. The highest BCUT2D eigenvalue weighted by molar-refractivity contribution is 7.93. The van der Waals surface area contributed by atoms with E-state index in [1.807, 2.05) is 6.92 Å². The zero-order valence-electron chi connectivity index (χ0n) is 15.8. The molecule has 0 aromatic heterocycles. The number of fused-ring (bicyclic) bond motifs is 1. The van der Waals surface area contributed by atoms with Gasteiger partial charge >= 0.3 is 0 Å². The molecular weight excluding hydrogens is 436 g/mol. The van der Waals surface area contributed by atoms with E-state index in [-0.39, 0.29) is 15.8 Å². The number of nitrogens with zero attached hydrogens (tertiary/aromatic N) is 2. The van der Waals surface area contributed by atoms with Gasteiger partial charge in [-0.1, -0.05) is 11.6 Å². The zero-order chi connectivity index (χ0) is 20.8. The summed E-state index contributed by atoms with van der Waals surface area (Å²) in [4.78, 5) is 0.322. The van der Waals surface area contributed by atoms with Crippen LogP contribution in [0.25, 0.3) is 0 Å². The van der Waals surface area contributed by atoms with Crippen molar-refractivity contribution >= 4 is 37.3 Å². The number of ether oxygens (including phenoxy) is 1. The maximum absolute atomic E-state index is 13.2. The quantitative estimate of drug-likeness (QED) is 0.705. The summed E-state index contributed by atoms with van der Waals surface area (Å²) in [6.07, 6.45) is 0.439. The minimum Gasteiger partial charge on any atom is -0.379 e. The van der Waals surface area contributed by atoms with Gasteiger partial charge in [-0.05, 0) is 61.4 Å². The lowest BCUT2D eigenvalue weighted by atomic mass is 10.1. The maximum Gasteiger partial charge on any atom is 0.264 e. The van der Waals surface area contributed by atoms with Crippen molar-refractivity contribution in [2.24, 2.45) is 0 Å². The summed E-state index contributed by atoms with van der Waals surface area (Å²) in [6, 6.07) is 10.3. The summed E-state index contributed by atoms with van der Waals surface area (Å²) in [6.45, 7) is 3.17. The van der Waals surface area contributed by atoms with Gasteiger partial charge in [0, 0.05) is 24.2 Å². The Kier molecular flexibility index (Phi) is 5.37. The highest BCUT2D eigenvalue weighted by Gasteiger charge is 2.37. The van der Waals surface area contributed by atoms with Crippen molar-refractivity contribution in [3.05, 3.63) is 53.1 Å². The fraction of sp³-hybridized carbons (Fsp3) is 0.368. The average molecular weight is 457 g/mol. The van der Waals surface area contributed by atoms with Gasteiger partial charge in [-0.3, -0.25) is 4.31 Å². The third-order valence-corrected chi connectivity index (χ3v) is 9.27. The highest BCUT2D eigenvalue weighted by Crippen LogP contribution is 2.38. The topological polar surface area (TPSA) is 84.0 Å². The molecule has 0 N–H and O–H groups in total. The van der Waals surface area contributed by atoms with Crippen molar-refractivity contribution in [2.45, 2.75) is 29.2 Å². The predicted molar refractivity (Wildman–Crippen MR) is 110 cm³/mol. The lowest BCUT2D eigenvalue weighted by Crippen LogP contribution is -2.40. The van der Waals surface area contributed by atoms with Crippen LogP contribution in [-0.4, -0.2) is 53.5 Å². The summed E-state index contributed by atoms with van der Waals surface area (Å²) >= 11 is 5.88. The van der Waals surface area contributed by atoms with E-state index in [0.29, 0.717) is 49.0 Å². The van der Waals surface area contributed by atoms with Gasteiger partial charge in [0.25, 0.3) is 10.0 Å². The Morgan fingerprint density at radius 3 is 2.21 bits per heavy atom. The number of halogens is 1. The molecule has 0 amide bonds. The largest absolute Gasteiger partial charge is 0.379 e. The first-order valence-electron chi connectivity index (χ1n) is 9.22. The molecule has 2 aromatic carbocycles. The first kappa shape index (κ1) is 20.6. The first-order valence-corrected chi connectivity index (χ1v) is 12.5. The molecule has 4 rings (SSSR count). The average Bonchev–Trinajstić information content (AvgIpc) is 3.04. The van der Waals surface area contributed by atoms with E-state index >= 15 is 0 Å². The molecule has 0 saturated carbocycles. The van der Waals surface area contributed by atoms with Crippen LogP contribution < -0.4 is 4.31 Å². The second-order valence-electron chi connectivity index (χ2n) is 7.11. The highest BCUT2D eigenvalue weighted by atomic mass is 35.5. The fourth-order valence-electron chi connectivity index (χ4n) is 3.76. The van der Waals surface area contributed by atoms with E-state index in [1.54, 1.807) is 12.1 Å². The van der Waals surface area contributed by atoms with Gasteiger partial charge in [-0.2, -0.15) is 4.31 Å². The number of anilines is 1. The number of sulfonamides is 2. The van der Waals surface area contributed by atoms with E-state index in [0.717, 1.165) is 0 Å². The van der Waals surface area contributed by atoms with Gasteiger partial charge in [0.15, 0.2) is 0 Å². The number of rotatable bonds is 4. The summed E-state index contributed by atoms with van der Waals surface area (Å²) in [5.74, 6) is 0. The van der Waals surface area contributed by atoms with Gasteiger partial charge in [0.05, 0.1) is 28.7 Å². The zero-order valence-corrected chi connectivity index (χ0v) is 18.2. The van der Waals surface area contributed by atoms with Crippen LogP contribution in [0.3, 0.4) is 0 Å². The van der Waals surface area contributed by atoms with Gasteiger partial charge in [0.2, 0.25) is 10.0 Å². The molecule has 0 spiro atoms. The number of morpholine rings is 1. The third kappa shape index (κ3) is 3.66. The van der Waals surface area contributed by atoms with Gasteiger partial charge in [0.1, 0.15) is 0 Å². The third-order valence-electron chi connectivity index (χ3n) is 5.18. The Hall–Kier alpha value is -1.65. The molecule has 10 heteroatoms. The van der Waals surface area contributed by atoms with Crippen LogP contribution in [0.15, 0.2) is 52.3 Å². The molecule has 2 heterocycles. The Morgan fingerprint density at radius 1 is 0.931 bits per heavy atom. The molecule has 0 radical (unpaired) electrons. The lowest BCUT2D eigenvalue weighted by Gasteiger charge is -2.26. The van der Waals surface area contributed by atoms with Crippen LogP contribution in [0.1, 0.15) is 12.5 Å². The van der Waals surface area contributed by atoms with Crippen LogP contribution in [0.5, 0.6) is 0 Å². The van der Waals surface area contributed by atoms with Crippen molar-refractivity contribution in [3.8, 4) is 0 Å². The maximum atomic E-state index is 13.2. The van der Waals surface area contributed by atoms with Crippen LogP contribution in [0, 0.1) is 0 Å². The SMILES string of the molecule is C[C@@H]1Cc2cc(S(=O)(=O)N3CCOCC3)ccc2N1S(=O)(=O)c1ccc(Cl)cc1. The molecule has 2 aliphatic rings. The molecular formula is C19H21ClN2O5S2. The van der Waals surface area contributed by atoms with E-state index in [1.165, 1.54) is 38.9 Å². The molecule has 2 aliphatic heterocycles. The van der Waals surface area contributed by atoms with Crippen molar-refractivity contribution < 1.29 is 21.6 Å². The summed E-state index contributed by atoms with van der Waals surface area (Å²) in [5, 5.41) is 0.455. The second kappa shape index (κ2) is 7.55. The normalized spacial score (nSPS) is 20.6. The molecule has 156 valence electrons. The lowest BCUT2D eigenvalue weighted by molar-refractivity contribution is 0.0730. The van der Waals surface area contributed by atoms with E-state index < -0.39 is 20.0 Å². The standard InChI is InChI=1S/C19H21ClN2O5S2/c1-14-12-15-13-18(28(23,24)21-8-10-27-11-9-21)6-7-19(15)22(14)29(25,26)17-4-2-16(20)3-5-17/h2-7,13-14H,8-12H2,1H3/t14-/m1/s1. The molecule has 0 bridgehead atoms. The van der Waals surface area contributed by atoms with Crippen molar-refractivity contribution in [3.63, 3.8) is 0 Å². The monoisotopic (exact) mass is 456 g/mol. The van der Waals surface area contributed by atoms with Crippen LogP contribution in [-0.2, 0) is 31.2 Å². The van der Waals surface area contributed by atoms with Crippen LogP contribution >= 0.6 is 11.6 Å². The molecule has 7 nitrogen and oxygen atoms in total. The first-order chi connectivity index (χ1) is 13.7. The predicted octanol–water partition coefficient (Wildman–Crippen LogP) is 2.50. The van der Waals surface area contributed by atoms with Crippen molar-refractivity contribution in [1.82, 2.24) is 4.31 Å². The molecule has 1 fully saturated rings. The van der Waals surface area contributed by atoms with Gasteiger partial charge in [-0.25, -0.2) is 16.8 Å². The summed E-state index contributed by atoms with van der Waals surface area (Å²) < 4.78 is 60.2. The number of benzene rings is 2. The molecule has 1 atom stereocenters. The van der Waals surface area contributed by atoms with Gasteiger partial charge < -0.3 is 4.74 Å². The molecule has 0 unspecified atom stereocenters. The Morgan fingerprint density at radius 2 is 1.55 bits per heavy atom. The van der Waals surface area contributed by atoms with Crippen molar-refractivity contribution in [2.75, 3.05) is 30.6 Å². The van der Waals surface area contributed by atoms with E-state index in [2.05, 4.69) is 0 Å². The van der Waals surface area contributed by atoms with Gasteiger partial charge in [-0.15, -0.1) is 0 Å².